The first-order valence-corrected chi connectivity index (χ1v) is 7.29. The molecule has 2 rings (SSSR count). The smallest absolute Gasteiger partial charge is 1.00 e. The zero-order chi connectivity index (χ0) is 11.7. The van der Waals surface area contributed by atoms with E-state index in [2.05, 4.69) is 46.5 Å². The maximum absolute atomic E-state index is 3.82. The van der Waals surface area contributed by atoms with Gasteiger partial charge in [0.15, 0.2) is 0 Å². The second-order valence-corrected chi connectivity index (χ2v) is 6.12. The van der Waals surface area contributed by atoms with E-state index in [1.54, 1.807) is 3.88 Å². The molecule has 1 fully saturated rings. The van der Waals surface area contributed by atoms with Gasteiger partial charge in [0.05, 0.1) is 0 Å². The van der Waals surface area contributed by atoms with Crippen LogP contribution >= 0.6 is 0 Å². The van der Waals surface area contributed by atoms with Gasteiger partial charge in [0, 0.05) is 0 Å². The van der Waals surface area contributed by atoms with Crippen molar-refractivity contribution in [2.45, 2.75) is 58.9 Å². The summed E-state index contributed by atoms with van der Waals surface area (Å²) in [5.74, 6) is 0.613. The van der Waals surface area contributed by atoms with E-state index in [0.717, 1.165) is 6.04 Å². The molecule has 1 unspecified atom stereocenters. The summed E-state index contributed by atoms with van der Waals surface area (Å²) in [6.45, 7) is 6.87. The van der Waals surface area contributed by atoms with E-state index < -0.39 is 0 Å². The Labute approximate surface area is 135 Å². The van der Waals surface area contributed by atoms with Crippen molar-refractivity contribution in [3.63, 3.8) is 0 Å². The Hall–Kier alpha value is 0.574. The van der Waals surface area contributed by atoms with Crippen molar-refractivity contribution in [1.82, 2.24) is 5.32 Å². The maximum Gasteiger partial charge on any atom is -1.00 e. The van der Waals surface area contributed by atoms with E-state index >= 15 is 0 Å². The summed E-state index contributed by atoms with van der Waals surface area (Å²) in [4.78, 5) is 0. The first-order valence-electron chi connectivity index (χ1n) is 6.51. The van der Waals surface area contributed by atoms with Gasteiger partial charge in [0.25, 0.3) is 0 Å². The average Bonchev–Trinajstić information content (AvgIpc) is 2.48. The molecule has 0 spiro atoms. The third-order valence-electron chi connectivity index (χ3n) is 4.20. The minimum atomic E-state index is 0. The minimum Gasteiger partial charge on any atom is -1.00 e. The van der Waals surface area contributed by atoms with Gasteiger partial charge in [-0.2, -0.15) is 0 Å². The van der Waals surface area contributed by atoms with Crippen LogP contribution in [0.2, 0.25) is 0 Å². The van der Waals surface area contributed by atoms with Crippen molar-refractivity contribution in [1.29, 1.82) is 0 Å². The molecule has 4 heteroatoms. The Morgan fingerprint density at radius 3 is 2.00 bits per heavy atom. The first-order chi connectivity index (χ1) is 7.61. The predicted octanol–water partition coefficient (Wildman–Crippen LogP) is -2.34. The van der Waals surface area contributed by atoms with Crippen LogP contribution in [-0.4, -0.2) is 6.04 Å². The van der Waals surface area contributed by atoms with Crippen LogP contribution in [0.1, 0.15) is 52.9 Å². The molecule has 101 valence electrons. The van der Waals surface area contributed by atoms with Crippen LogP contribution in [0, 0.1) is 5.92 Å². The molecule has 0 aromatic carbocycles. The molecule has 0 heterocycles. The number of hydrogen-bond acceptors (Lipinski definition) is 1. The van der Waals surface area contributed by atoms with Crippen LogP contribution in [0.3, 0.4) is 0 Å². The summed E-state index contributed by atoms with van der Waals surface area (Å²) in [6.07, 6.45) is 6.97. The zero-order valence-corrected chi connectivity index (χ0v) is 14.5. The van der Waals surface area contributed by atoms with Crippen molar-refractivity contribution in [2.75, 3.05) is 0 Å². The van der Waals surface area contributed by atoms with Gasteiger partial charge >= 0.3 is 111 Å². The van der Waals surface area contributed by atoms with Crippen molar-refractivity contribution >= 4 is 0 Å². The number of nitrogens with one attached hydrogen (secondary N) is 1. The number of rotatable bonds is 2. The Morgan fingerprint density at radius 2 is 1.56 bits per heavy atom. The summed E-state index contributed by atoms with van der Waals surface area (Å²) in [6, 6.07) is 0.736. The van der Waals surface area contributed by atoms with Crippen LogP contribution in [0.4, 0.5) is 0 Å². The van der Waals surface area contributed by atoms with E-state index in [0.29, 0.717) is 5.92 Å². The quantitative estimate of drug-likeness (QED) is 0.562. The Balaban J connectivity index is 0.00000144. The van der Waals surface area contributed by atoms with E-state index in [-0.39, 0.29) is 24.8 Å². The van der Waals surface area contributed by atoms with Crippen molar-refractivity contribution in [2.24, 2.45) is 5.92 Å². The second kappa shape index (κ2) is 7.99. The third kappa shape index (κ3) is 3.79. The van der Waals surface area contributed by atoms with Gasteiger partial charge in [0.2, 0.25) is 0 Å². The summed E-state index contributed by atoms with van der Waals surface area (Å²) < 4.78 is 1.55. The average molecular weight is 323 g/mol. The maximum atomic E-state index is 3.82. The molecule has 1 nitrogen and oxygen atoms in total. The minimum absolute atomic E-state index is 0. The van der Waals surface area contributed by atoms with Gasteiger partial charge in [-0.3, -0.25) is 0 Å². The zero-order valence-electron chi connectivity index (χ0n) is 11.4. The molecule has 0 aromatic rings. The van der Waals surface area contributed by atoms with Crippen molar-refractivity contribution in [3.05, 3.63) is 20.7 Å². The van der Waals surface area contributed by atoms with Gasteiger partial charge in [-0.15, -0.1) is 0 Å². The molecule has 0 aromatic heterocycles. The molecule has 18 heavy (non-hydrogen) atoms. The van der Waals surface area contributed by atoms with E-state index in [1.807, 2.05) is 0 Å². The largest absolute Gasteiger partial charge is 1.00 e. The SMILES string of the molecule is CC1=[C]([Ti+2])C(C)C(NC2CCCCC2)=C1C.[Cl-].[Cl-]. The topological polar surface area (TPSA) is 12.0 Å². The Bertz CT molecular complexity index is 344. The molecule has 1 atom stereocenters. The molecule has 1 saturated carbocycles. The van der Waals surface area contributed by atoms with E-state index in [4.69, 9.17) is 0 Å². The van der Waals surface area contributed by atoms with Gasteiger partial charge in [-0.05, 0) is 0 Å². The van der Waals surface area contributed by atoms with Crippen LogP contribution in [-0.2, 0) is 20.4 Å². The molecule has 0 aliphatic heterocycles. The summed E-state index contributed by atoms with van der Waals surface area (Å²) in [7, 11) is 0. The molecule has 0 radical (unpaired) electrons. The van der Waals surface area contributed by atoms with Crippen LogP contribution in [0.15, 0.2) is 20.7 Å². The molecule has 2 aliphatic rings. The monoisotopic (exact) mass is 322 g/mol. The van der Waals surface area contributed by atoms with Gasteiger partial charge in [-0.25, -0.2) is 0 Å². The van der Waals surface area contributed by atoms with E-state index in [1.165, 1.54) is 48.9 Å². The van der Waals surface area contributed by atoms with Gasteiger partial charge in [-0.1, -0.05) is 0 Å². The fourth-order valence-electron chi connectivity index (χ4n) is 2.90. The normalized spacial score (nSPS) is 24.8. The Morgan fingerprint density at radius 1 is 1.00 bits per heavy atom. The number of hydrogen-bond donors (Lipinski definition) is 1. The molecule has 0 saturated heterocycles. The first kappa shape index (κ1) is 18.6. The van der Waals surface area contributed by atoms with Crippen LogP contribution < -0.4 is 30.1 Å². The van der Waals surface area contributed by atoms with Gasteiger partial charge in [0.1, 0.15) is 0 Å². The molecule has 2 aliphatic carbocycles. The summed E-state index contributed by atoms with van der Waals surface area (Å²) in [5, 5.41) is 3.82. The molecule has 1 N–H and O–H groups in total. The van der Waals surface area contributed by atoms with Crippen LogP contribution in [0.5, 0.6) is 0 Å². The second-order valence-electron chi connectivity index (χ2n) is 5.28. The molecule has 0 amide bonds. The fourth-order valence-corrected chi connectivity index (χ4v) is 3.42. The fraction of sp³-hybridized carbons (Fsp3) is 0.714. The molecular formula is C14H22Cl2NTi. The molecular weight excluding hydrogens is 301 g/mol. The standard InChI is InChI=1S/C14H22N.2ClH.Ti/c1-10-9-11(2)14(12(10)3)15-13-7-5-4-6-8-13;;;/h11,13,15H,4-8H2,1-3H3;2*1H;/q;;;+2/p-2. The summed E-state index contributed by atoms with van der Waals surface area (Å²) in [5.41, 5.74) is 4.50. The van der Waals surface area contributed by atoms with Gasteiger partial charge < -0.3 is 24.8 Å². The predicted molar refractivity (Wildman–Crippen MR) is 64.6 cm³/mol. The van der Waals surface area contributed by atoms with E-state index in [9.17, 15) is 0 Å². The van der Waals surface area contributed by atoms with Crippen LogP contribution in [0.25, 0.3) is 0 Å². The number of halogens is 2. The third-order valence-corrected chi connectivity index (χ3v) is 5.46. The Kier molecular flexibility index (Phi) is 8.25. The number of allylic oxidation sites excluding steroid dienone is 3. The molecule has 0 bridgehead atoms. The van der Waals surface area contributed by atoms with Crippen molar-refractivity contribution < 1.29 is 45.2 Å². The van der Waals surface area contributed by atoms with Crippen molar-refractivity contribution in [3.8, 4) is 0 Å². The summed E-state index contributed by atoms with van der Waals surface area (Å²) >= 11 is 2.28.